The van der Waals surface area contributed by atoms with Gasteiger partial charge in [-0.2, -0.15) is 0 Å². The number of anilines is 3. The van der Waals surface area contributed by atoms with E-state index in [9.17, 15) is 24.6 Å². The highest BCUT2D eigenvalue weighted by atomic mass is 79.9. The molecule has 0 saturated carbocycles. The van der Waals surface area contributed by atoms with Crippen molar-refractivity contribution in [3.63, 3.8) is 0 Å². The molecule has 4 heterocycles. The number of para-hydroxylation sites is 1. The molecule has 262 valence electrons. The van der Waals surface area contributed by atoms with E-state index in [-0.39, 0.29) is 37.4 Å². The van der Waals surface area contributed by atoms with E-state index in [1.54, 1.807) is 34.9 Å². The lowest BCUT2D eigenvalue weighted by Gasteiger charge is -2.39. The molecule has 3 amide bonds. The molecule has 0 unspecified atom stereocenters. The van der Waals surface area contributed by atoms with Crippen molar-refractivity contribution >= 4 is 50.7 Å². The Bertz CT molecular complexity index is 1780. The highest BCUT2D eigenvalue weighted by Gasteiger charge is 2.54. The van der Waals surface area contributed by atoms with Crippen molar-refractivity contribution < 1.29 is 24.6 Å². The van der Waals surface area contributed by atoms with Gasteiger partial charge in [-0.15, -0.1) is 0 Å². The summed E-state index contributed by atoms with van der Waals surface area (Å²) in [5.41, 5.74) is 1.41. The maximum atomic E-state index is 14.2. The van der Waals surface area contributed by atoms with Gasteiger partial charge in [0.2, 0.25) is 5.91 Å². The van der Waals surface area contributed by atoms with Crippen LogP contribution < -0.4 is 20.0 Å². The number of aliphatic hydroxyl groups excluding tert-OH is 1. The molecule has 0 bridgehead atoms. The van der Waals surface area contributed by atoms with E-state index in [4.69, 9.17) is 0 Å². The Morgan fingerprint density at radius 3 is 2.48 bits per heavy atom. The smallest absolute Gasteiger partial charge is 0.264 e. The molecule has 3 atom stereocenters. The number of rotatable bonds is 9. The number of hydrogen-bond acceptors (Lipinski definition) is 7. The molecular weight excluding hydrogens is 698 g/mol. The maximum Gasteiger partial charge on any atom is 0.264 e. The Morgan fingerprint density at radius 1 is 1.02 bits per heavy atom. The Labute approximate surface area is 301 Å². The molecule has 3 aromatic carbocycles. The van der Waals surface area contributed by atoms with E-state index in [0.717, 1.165) is 60.2 Å². The van der Waals surface area contributed by atoms with Gasteiger partial charge in [0.25, 0.3) is 11.8 Å². The van der Waals surface area contributed by atoms with Crippen molar-refractivity contribution in [2.24, 2.45) is 5.92 Å². The van der Waals surface area contributed by atoms with Crippen LogP contribution in [0.2, 0.25) is 0 Å². The first kappa shape index (κ1) is 34.4. The number of amides is 3. The summed E-state index contributed by atoms with van der Waals surface area (Å²) in [5.74, 6) is -1.02. The van der Waals surface area contributed by atoms with Gasteiger partial charge in [-0.1, -0.05) is 65.3 Å². The van der Waals surface area contributed by atoms with Crippen molar-refractivity contribution in [3.05, 3.63) is 101 Å². The number of hydrogen-bond donors (Lipinski definition) is 3. The van der Waals surface area contributed by atoms with Crippen LogP contribution in [0.5, 0.6) is 0 Å². The molecule has 4 aliphatic heterocycles. The fraction of sp³-hybridized carbons (Fsp3) is 0.410. The van der Waals surface area contributed by atoms with Gasteiger partial charge in [-0.25, -0.2) is 0 Å². The molecular formula is C39H44BrN5O5. The number of piperidine rings is 1. The molecule has 3 saturated heterocycles. The second-order valence-electron chi connectivity index (χ2n) is 13.9. The first-order valence-electron chi connectivity index (χ1n) is 17.5. The fourth-order valence-corrected chi connectivity index (χ4v) is 8.55. The minimum Gasteiger partial charge on any atom is -0.394 e. The third-order valence-electron chi connectivity index (χ3n) is 11.0. The Balaban J connectivity index is 1.09. The largest absolute Gasteiger partial charge is 0.394 e. The molecule has 7 rings (SSSR count). The van der Waals surface area contributed by atoms with Crippen molar-refractivity contribution in [1.82, 2.24) is 10.2 Å². The van der Waals surface area contributed by atoms with E-state index in [1.807, 2.05) is 59.5 Å². The van der Waals surface area contributed by atoms with Crippen molar-refractivity contribution in [2.45, 2.75) is 62.8 Å². The van der Waals surface area contributed by atoms with Gasteiger partial charge in [-0.05, 0) is 86.8 Å². The minimum atomic E-state index is -1.83. The Hall–Kier alpha value is -4.03. The van der Waals surface area contributed by atoms with Gasteiger partial charge in [0.15, 0.2) is 5.60 Å². The molecule has 10 nitrogen and oxygen atoms in total. The van der Waals surface area contributed by atoms with Crippen LogP contribution in [0.25, 0.3) is 0 Å². The van der Waals surface area contributed by atoms with E-state index in [2.05, 4.69) is 38.3 Å². The molecule has 0 aliphatic carbocycles. The SMILES string of the molecule is C[C@H](/C=C/CC(=O)N1CCC[C@H]1CO)[C@@]1(O)C(=O)N(Cc2ccc(N3CN(c4ccccc4)C4(CCNCC4)C3=O)cc2)c2ccc(Br)cc21. The van der Waals surface area contributed by atoms with Crippen LogP contribution in [0.15, 0.2) is 89.4 Å². The van der Waals surface area contributed by atoms with Crippen LogP contribution in [0.3, 0.4) is 0 Å². The number of carbonyl (C=O) groups is 3. The number of likely N-dealkylation sites (tertiary alicyclic amines) is 1. The highest BCUT2D eigenvalue weighted by molar-refractivity contribution is 9.10. The molecule has 4 aliphatic rings. The monoisotopic (exact) mass is 741 g/mol. The van der Waals surface area contributed by atoms with E-state index in [1.165, 1.54) is 0 Å². The van der Waals surface area contributed by atoms with Crippen LogP contribution in [0.1, 0.15) is 50.2 Å². The summed E-state index contributed by atoms with van der Waals surface area (Å²) in [6, 6.07) is 23.2. The zero-order chi connectivity index (χ0) is 35.0. The van der Waals surface area contributed by atoms with Crippen molar-refractivity contribution in [2.75, 3.05) is 47.6 Å². The second-order valence-corrected chi connectivity index (χ2v) is 14.8. The van der Waals surface area contributed by atoms with Crippen LogP contribution >= 0.6 is 15.9 Å². The topological polar surface area (TPSA) is 117 Å². The summed E-state index contributed by atoms with van der Waals surface area (Å²) in [6.45, 7) is 4.63. The molecule has 11 heteroatoms. The average molecular weight is 743 g/mol. The average Bonchev–Trinajstić information content (AvgIpc) is 3.79. The van der Waals surface area contributed by atoms with Crippen LogP contribution in [-0.2, 0) is 26.5 Å². The highest BCUT2D eigenvalue weighted by Crippen LogP contribution is 2.47. The number of benzene rings is 3. The number of nitrogens with zero attached hydrogens (tertiary/aromatic N) is 4. The van der Waals surface area contributed by atoms with Crippen LogP contribution in [-0.4, -0.2) is 77.3 Å². The summed E-state index contributed by atoms with van der Waals surface area (Å²) >= 11 is 3.52. The number of nitrogens with one attached hydrogen (secondary N) is 1. The zero-order valence-electron chi connectivity index (χ0n) is 28.3. The molecule has 3 fully saturated rings. The lowest BCUT2D eigenvalue weighted by Crippen LogP contribution is -2.55. The van der Waals surface area contributed by atoms with Gasteiger partial charge in [0, 0.05) is 40.3 Å². The normalized spacial score (nSPS) is 23.8. The van der Waals surface area contributed by atoms with Crippen molar-refractivity contribution in [3.8, 4) is 0 Å². The van der Waals surface area contributed by atoms with E-state index < -0.39 is 23.0 Å². The first-order chi connectivity index (χ1) is 24.2. The summed E-state index contributed by atoms with van der Waals surface area (Å²) in [5, 5.41) is 25.1. The lowest BCUT2D eigenvalue weighted by molar-refractivity contribution is -0.139. The van der Waals surface area contributed by atoms with Gasteiger partial charge < -0.3 is 30.2 Å². The lowest BCUT2D eigenvalue weighted by atomic mass is 9.83. The fourth-order valence-electron chi connectivity index (χ4n) is 8.19. The molecule has 0 aromatic heterocycles. The predicted molar refractivity (Wildman–Crippen MR) is 197 cm³/mol. The van der Waals surface area contributed by atoms with Gasteiger partial charge >= 0.3 is 0 Å². The first-order valence-corrected chi connectivity index (χ1v) is 18.3. The molecule has 0 radical (unpaired) electrons. The number of aliphatic hydroxyl groups is 2. The Morgan fingerprint density at radius 2 is 1.76 bits per heavy atom. The van der Waals surface area contributed by atoms with Crippen LogP contribution in [0.4, 0.5) is 17.1 Å². The quantitative estimate of drug-likeness (QED) is 0.273. The third-order valence-corrected chi connectivity index (χ3v) is 11.5. The molecule has 1 spiro atoms. The van der Waals surface area contributed by atoms with Gasteiger partial charge in [0.05, 0.1) is 31.5 Å². The summed E-state index contributed by atoms with van der Waals surface area (Å²) in [7, 11) is 0. The molecule has 50 heavy (non-hydrogen) atoms. The minimum absolute atomic E-state index is 0.0494. The summed E-state index contributed by atoms with van der Waals surface area (Å²) < 4.78 is 0.746. The number of carbonyl (C=O) groups excluding carboxylic acids is 3. The van der Waals surface area contributed by atoms with Crippen LogP contribution in [0, 0.1) is 5.92 Å². The van der Waals surface area contributed by atoms with Gasteiger partial charge in [-0.3, -0.25) is 19.3 Å². The predicted octanol–water partition coefficient (Wildman–Crippen LogP) is 4.68. The molecule has 3 aromatic rings. The van der Waals surface area contributed by atoms with Gasteiger partial charge in [0.1, 0.15) is 5.54 Å². The van der Waals surface area contributed by atoms with E-state index in [0.29, 0.717) is 24.5 Å². The Kier molecular flexibility index (Phi) is 9.60. The second kappa shape index (κ2) is 13.9. The number of fused-ring (bicyclic) bond motifs is 1. The zero-order valence-corrected chi connectivity index (χ0v) is 29.9. The number of halogens is 1. The van der Waals surface area contributed by atoms with E-state index >= 15 is 0 Å². The summed E-state index contributed by atoms with van der Waals surface area (Å²) in [4.78, 5) is 48.5. The standard InChI is InChI=1S/C39H44BrN5O5/c1-27(7-5-11-35(47)42-22-6-10-32(42)25-46)39(50)33-23-29(40)14-17-34(33)43(37(39)49)24-28-12-15-30(16-13-28)44-26-45(31-8-3-2-4-9-31)38(36(44)48)18-20-41-21-19-38/h2-5,7-9,12-17,23,27,32,41,46,50H,6,10-11,18-22,24-26H2,1H3/b7-5+/t27-,32+,39+/m1/s1. The maximum absolute atomic E-state index is 14.2. The molecule has 3 N–H and O–H groups in total. The van der Waals surface area contributed by atoms with Crippen molar-refractivity contribution in [1.29, 1.82) is 0 Å². The summed E-state index contributed by atoms with van der Waals surface area (Å²) in [6.07, 6.45) is 6.72. The third kappa shape index (κ3) is 5.93.